The van der Waals surface area contributed by atoms with Crippen molar-refractivity contribution in [2.45, 2.75) is 37.0 Å². The lowest BCUT2D eigenvalue weighted by Crippen LogP contribution is -2.29. The zero-order valence-electron chi connectivity index (χ0n) is 30.2. The molecular formula is C52H41N. The number of benzene rings is 7. The van der Waals surface area contributed by atoms with E-state index in [-0.39, 0.29) is 5.41 Å². The van der Waals surface area contributed by atoms with Gasteiger partial charge in [0.15, 0.2) is 0 Å². The molecule has 0 saturated heterocycles. The second kappa shape index (κ2) is 12.2. The molecule has 254 valence electrons. The molecule has 0 bridgehead atoms. The monoisotopic (exact) mass is 679 g/mol. The summed E-state index contributed by atoms with van der Waals surface area (Å²) in [6.07, 6.45) is 8.15. The predicted octanol–water partition coefficient (Wildman–Crippen LogP) is 13.1. The number of anilines is 2. The van der Waals surface area contributed by atoms with Crippen LogP contribution in [0.2, 0.25) is 0 Å². The SMILES string of the molecule is CC1(C)c2ccccc2-c2ccc(N(C3=CC(c4ccccc4)CC=C3)c3ccc4c(c3)C(c3ccccc3)(c3ccccc3)c3ccccc3-4)cc21. The summed E-state index contributed by atoms with van der Waals surface area (Å²) < 4.78 is 0. The van der Waals surface area contributed by atoms with Crippen LogP contribution in [0, 0.1) is 0 Å². The number of rotatable bonds is 6. The Bertz CT molecular complexity index is 2520. The lowest BCUT2D eigenvalue weighted by Gasteiger charge is -2.35. The molecule has 0 saturated carbocycles. The van der Waals surface area contributed by atoms with Gasteiger partial charge in [-0.3, -0.25) is 0 Å². The summed E-state index contributed by atoms with van der Waals surface area (Å²) in [7, 11) is 0. The van der Waals surface area contributed by atoms with Crippen LogP contribution in [0.3, 0.4) is 0 Å². The van der Waals surface area contributed by atoms with Gasteiger partial charge < -0.3 is 4.90 Å². The fourth-order valence-electron chi connectivity index (χ4n) is 9.60. The largest absolute Gasteiger partial charge is 0.311 e. The summed E-state index contributed by atoms with van der Waals surface area (Å²) in [5.74, 6) is 0.292. The van der Waals surface area contributed by atoms with Gasteiger partial charge in [0, 0.05) is 28.4 Å². The molecule has 3 aliphatic carbocycles. The minimum atomic E-state index is -0.471. The van der Waals surface area contributed by atoms with E-state index in [1.54, 1.807) is 0 Å². The fourth-order valence-corrected chi connectivity index (χ4v) is 9.60. The van der Waals surface area contributed by atoms with Crippen molar-refractivity contribution in [3.8, 4) is 22.3 Å². The highest BCUT2D eigenvalue weighted by molar-refractivity contribution is 5.89. The number of allylic oxidation sites excluding steroid dienone is 3. The van der Waals surface area contributed by atoms with Crippen LogP contribution in [0.4, 0.5) is 11.4 Å². The highest BCUT2D eigenvalue weighted by Gasteiger charge is 2.46. The Labute approximate surface area is 313 Å². The van der Waals surface area contributed by atoms with Gasteiger partial charge in [-0.15, -0.1) is 0 Å². The Hall–Kier alpha value is -6.18. The molecule has 0 fully saturated rings. The van der Waals surface area contributed by atoms with Gasteiger partial charge in [-0.1, -0.05) is 178 Å². The van der Waals surface area contributed by atoms with Gasteiger partial charge >= 0.3 is 0 Å². The molecule has 3 aliphatic rings. The molecule has 1 nitrogen and oxygen atoms in total. The molecule has 1 heteroatoms. The smallest absolute Gasteiger partial charge is 0.0714 e. The molecule has 0 N–H and O–H groups in total. The standard InChI is InChI=1S/C52H41N/c1-51(2)47-27-14-12-25-43(47)45-31-29-41(34-49(45)51)53(40-24-16-19-37(33-40)36-17-6-3-7-18-36)42-30-32-46-44-26-13-15-28-48(44)52(50(46)35-42,38-20-8-4-9-21-38)39-22-10-5-11-23-39/h3-18,20-35,37H,19H2,1-2H3. The summed E-state index contributed by atoms with van der Waals surface area (Å²) in [4.78, 5) is 2.51. The van der Waals surface area contributed by atoms with Crippen LogP contribution in [0.5, 0.6) is 0 Å². The van der Waals surface area contributed by atoms with E-state index in [0.717, 1.165) is 12.1 Å². The van der Waals surface area contributed by atoms with E-state index in [1.165, 1.54) is 72.6 Å². The van der Waals surface area contributed by atoms with Crippen LogP contribution >= 0.6 is 0 Å². The highest BCUT2D eigenvalue weighted by atomic mass is 15.1. The summed E-state index contributed by atoms with van der Waals surface area (Å²) in [6.45, 7) is 4.75. The third-order valence-corrected chi connectivity index (χ3v) is 12.1. The second-order valence-corrected chi connectivity index (χ2v) is 15.2. The van der Waals surface area contributed by atoms with Crippen molar-refractivity contribution >= 4 is 11.4 Å². The molecule has 0 amide bonds. The fraction of sp³-hybridized carbons (Fsp3) is 0.115. The molecule has 0 aromatic heterocycles. The predicted molar refractivity (Wildman–Crippen MR) is 221 cm³/mol. The maximum Gasteiger partial charge on any atom is 0.0714 e. The van der Waals surface area contributed by atoms with E-state index in [9.17, 15) is 0 Å². The van der Waals surface area contributed by atoms with Crippen molar-refractivity contribution < 1.29 is 0 Å². The van der Waals surface area contributed by atoms with E-state index >= 15 is 0 Å². The Kier molecular flexibility index (Phi) is 7.27. The summed E-state index contributed by atoms with van der Waals surface area (Å²) in [5.41, 5.74) is 17.5. The van der Waals surface area contributed by atoms with Crippen LogP contribution in [0.25, 0.3) is 22.3 Å². The molecule has 0 radical (unpaired) electrons. The second-order valence-electron chi connectivity index (χ2n) is 15.2. The third-order valence-electron chi connectivity index (χ3n) is 12.1. The van der Waals surface area contributed by atoms with Crippen molar-refractivity contribution in [2.75, 3.05) is 4.90 Å². The molecule has 1 atom stereocenters. The first-order valence-electron chi connectivity index (χ1n) is 18.9. The minimum Gasteiger partial charge on any atom is -0.311 e. The van der Waals surface area contributed by atoms with Gasteiger partial charge in [-0.2, -0.15) is 0 Å². The molecule has 0 aliphatic heterocycles. The van der Waals surface area contributed by atoms with Gasteiger partial charge in [0.2, 0.25) is 0 Å². The number of hydrogen-bond donors (Lipinski definition) is 0. The molecule has 0 heterocycles. The van der Waals surface area contributed by atoms with E-state index in [1.807, 2.05) is 0 Å². The Balaban J connectivity index is 1.22. The first-order valence-corrected chi connectivity index (χ1v) is 18.9. The van der Waals surface area contributed by atoms with Crippen LogP contribution in [0.15, 0.2) is 200 Å². The van der Waals surface area contributed by atoms with E-state index in [0.29, 0.717) is 5.92 Å². The Morgan fingerprint density at radius 1 is 0.472 bits per heavy atom. The maximum absolute atomic E-state index is 2.51. The maximum atomic E-state index is 2.51. The lowest BCUT2D eigenvalue weighted by atomic mass is 9.67. The van der Waals surface area contributed by atoms with Gasteiger partial charge in [0.1, 0.15) is 0 Å². The first-order chi connectivity index (χ1) is 26.0. The zero-order valence-corrected chi connectivity index (χ0v) is 30.2. The van der Waals surface area contributed by atoms with Crippen LogP contribution in [0.1, 0.15) is 65.1 Å². The number of hydrogen-bond acceptors (Lipinski definition) is 1. The van der Waals surface area contributed by atoms with Gasteiger partial charge in [-0.05, 0) is 98.0 Å². The average Bonchev–Trinajstić information content (AvgIpc) is 3.64. The van der Waals surface area contributed by atoms with Crippen molar-refractivity contribution in [2.24, 2.45) is 0 Å². The molecule has 7 aromatic rings. The van der Waals surface area contributed by atoms with Crippen LogP contribution in [-0.2, 0) is 10.8 Å². The molecule has 10 rings (SSSR count). The topological polar surface area (TPSA) is 3.24 Å². The normalized spacial score (nSPS) is 16.9. The molecular weight excluding hydrogens is 639 g/mol. The van der Waals surface area contributed by atoms with E-state index < -0.39 is 5.41 Å². The number of nitrogens with zero attached hydrogens (tertiary/aromatic N) is 1. The minimum absolute atomic E-state index is 0.105. The quantitative estimate of drug-likeness (QED) is 0.169. The lowest BCUT2D eigenvalue weighted by molar-refractivity contribution is 0.660. The van der Waals surface area contributed by atoms with Gasteiger partial charge in [0.25, 0.3) is 0 Å². The van der Waals surface area contributed by atoms with Crippen molar-refractivity contribution in [3.05, 3.63) is 239 Å². The van der Waals surface area contributed by atoms with Gasteiger partial charge in [-0.25, -0.2) is 0 Å². The van der Waals surface area contributed by atoms with Crippen molar-refractivity contribution in [1.29, 1.82) is 0 Å². The van der Waals surface area contributed by atoms with Crippen LogP contribution in [-0.4, -0.2) is 0 Å². The molecule has 1 unspecified atom stereocenters. The van der Waals surface area contributed by atoms with E-state index in [2.05, 4.69) is 213 Å². The third kappa shape index (κ3) is 4.77. The molecule has 0 spiro atoms. The molecule has 7 aromatic carbocycles. The Morgan fingerprint density at radius 2 is 0.962 bits per heavy atom. The first kappa shape index (κ1) is 31.5. The molecule has 53 heavy (non-hydrogen) atoms. The average molecular weight is 680 g/mol. The zero-order chi connectivity index (χ0) is 35.6. The summed E-state index contributed by atoms with van der Waals surface area (Å²) in [6, 6.07) is 65.5. The van der Waals surface area contributed by atoms with Crippen molar-refractivity contribution in [3.63, 3.8) is 0 Å². The van der Waals surface area contributed by atoms with Gasteiger partial charge in [0.05, 0.1) is 5.41 Å². The summed E-state index contributed by atoms with van der Waals surface area (Å²) in [5, 5.41) is 0. The highest BCUT2D eigenvalue weighted by Crippen LogP contribution is 2.57. The van der Waals surface area contributed by atoms with E-state index in [4.69, 9.17) is 0 Å². The Morgan fingerprint density at radius 3 is 1.60 bits per heavy atom. The van der Waals surface area contributed by atoms with Crippen molar-refractivity contribution in [1.82, 2.24) is 0 Å². The number of fused-ring (bicyclic) bond motifs is 6. The summed E-state index contributed by atoms with van der Waals surface area (Å²) >= 11 is 0. The van der Waals surface area contributed by atoms with Crippen LogP contribution < -0.4 is 4.90 Å².